The molecule has 0 saturated carbocycles. The largest absolute Gasteiger partial charge is 0.303 e. The molecule has 0 aromatic carbocycles. The summed E-state index contributed by atoms with van der Waals surface area (Å²) in [6.45, 7) is 15.7. The zero-order chi connectivity index (χ0) is 10.1. The molecule has 0 bridgehead atoms. The summed E-state index contributed by atoms with van der Waals surface area (Å²) in [5.74, 6) is 1.81. The van der Waals surface area contributed by atoms with Gasteiger partial charge in [0.1, 0.15) is 0 Å². The van der Waals surface area contributed by atoms with Gasteiger partial charge in [0.25, 0.3) is 0 Å². The first kappa shape index (κ1) is 11.0. The van der Waals surface area contributed by atoms with Crippen LogP contribution in [-0.4, -0.2) is 24.5 Å². The van der Waals surface area contributed by atoms with E-state index in [4.69, 9.17) is 0 Å². The minimum atomic E-state index is 0.495. The fourth-order valence-electron chi connectivity index (χ4n) is 1.93. The van der Waals surface area contributed by atoms with Gasteiger partial charge in [-0.3, -0.25) is 0 Å². The Morgan fingerprint density at radius 1 is 1.08 bits per heavy atom. The molecule has 1 aliphatic heterocycles. The van der Waals surface area contributed by atoms with Crippen molar-refractivity contribution >= 4 is 0 Å². The quantitative estimate of drug-likeness (QED) is 0.636. The molecule has 0 aliphatic carbocycles. The summed E-state index contributed by atoms with van der Waals surface area (Å²) in [5, 5.41) is 0. The Morgan fingerprint density at radius 2 is 1.54 bits per heavy atom. The van der Waals surface area contributed by atoms with Crippen molar-refractivity contribution in [2.75, 3.05) is 19.6 Å². The molecule has 0 spiro atoms. The Labute approximate surface area is 83.5 Å². The second-order valence-corrected chi connectivity index (χ2v) is 6.02. The molecule has 1 heteroatoms. The van der Waals surface area contributed by atoms with Crippen LogP contribution in [-0.2, 0) is 0 Å². The van der Waals surface area contributed by atoms with Gasteiger partial charge in [-0.05, 0) is 30.2 Å². The van der Waals surface area contributed by atoms with E-state index in [1.807, 2.05) is 0 Å². The van der Waals surface area contributed by atoms with E-state index in [1.54, 1.807) is 0 Å². The van der Waals surface area contributed by atoms with Crippen LogP contribution in [0.2, 0.25) is 0 Å². The van der Waals surface area contributed by atoms with E-state index >= 15 is 0 Å². The summed E-state index contributed by atoms with van der Waals surface area (Å²) >= 11 is 0. The molecule has 13 heavy (non-hydrogen) atoms. The van der Waals surface area contributed by atoms with Crippen molar-refractivity contribution in [3.63, 3.8) is 0 Å². The maximum atomic E-state index is 2.63. The van der Waals surface area contributed by atoms with E-state index in [0.29, 0.717) is 5.41 Å². The molecule has 78 valence electrons. The van der Waals surface area contributed by atoms with Crippen LogP contribution in [0.15, 0.2) is 0 Å². The summed E-state index contributed by atoms with van der Waals surface area (Å²) in [6, 6.07) is 0. The summed E-state index contributed by atoms with van der Waals surface area (Å²) in [6.07, 6.45) is 1.33. The molecule has 0 amide bonds. The molecule has 1 fully saturated rings. The van der Waals surface area contributed by atoms with Crippen molar-refractivity contribution in [2.24, 2.45) is 17.3 Å². The first-order valence-electron chi connectivity index (χ1n) is 5.61. The van der Waals surface area contributed by atoms with Crippen LogP contribution in [0.5, 0.6) is 0 Å². The minimum Gasteiger partial charge on any atom is -0.303 e. The average molecular weight is 183 g/mol. The monoisotopic (exact) mass is 183 g/mol. The lowest BCUT2D eigenvalue weighted by Crippen LogP contribution is -2.25. The minimum absolute atomic E-state index is 0.495. The number of likely N-dealkylation sites (tertiary alicyclic amines) is 1. The lowest BCUT2D eigenvalue weighted by Gasteiger charge is -2.23. The topological polar surface area (TPSA) is 3.24 Å². The highest BCUT2D eigenvalue weighted by molar-refractivity contribution is 4.79. The maximum absolute atomic E-state index is 2.63. The van der Waals surface area contributed by atoms with Gasteiger partial charge >= 0.3 is 0 Å². The van der Waals surface area contributed by atoms with Crippen LogP contribution < -0.4 is 0 Å². The van der Waals surface area contributed by atoms with Gasteiger partial charge in [0.15, 0.2) is 0 Å². The van der Waals surface area contributed by atoms with E-state index in [0.717, 1.165) is 11.8 Å². The van der Waals surface area contributed by atoms with Crippen LogP contribution in [0.3, 0.4) is 0 Å². The molecule has 0 N–H and O–H groups in total. The highest BCUT2D eigenvalue weighted by Gasteiger charge is 2.26. The number of hydrogen-bond donors (Lipinski definition) is 0. The first-order valence-corrected chi connectivity index (χ1v) is 5.61. The summed E-state index contributed by atoms with van der Waals surface area (Å²) in [5.41, 5.74) is 0.495. The number of nitrogens with zero attached hydrogens (tertiary/aromatic N) is 1. The highest BCUT2D eigenvalue weighted by Crippen LogP contribution is 2.25. The number of rotatable bonds is 2. The third-order valence-electron chi connectivity index (χ3n) is 3.24. The van der Waals surface area contributed by atoms with Crippen LogP contribution in [0.25, 0.3) is 0 Å². The smallest absolute Gasteiger partial charge is 0.00102 e. The third-order valence-corrected chi connectivity index (χ3v) is 3.24. The van der Waals surface area contributed by atoms with Crippen molar-refractivity contribution in [3.05, 3.63) is 0 Å². The SMILES string of the molecule is CC1CN(CCC(C)(C)C)C[C@@H]1C. The van der Waals surface area contributed by atoms with Crippen molar-refractivity contribution in [1.29, 1.82) is 0 Å². The van der Waals surface area contributed by atoms with Gasteiger partial charge in [-0.2, -0.15) is 0 Å². The van der Waals surface area contributed by atoms with Crippen LogP contribution in [0.1, 0.15) is 41.0 Å². The summed E-state index contributed by atoms with van der Waals surface area (Å²) in [7, 11) is 0. The molecule has 0 radical (unpaired) electrons. The Morgan fingerprint density at radius 3 is 1.92 bits per heavy atom. The van der Waals surface area contributed by atoms with Gasteiger partial charge in [0.2, 0.25) is 0 Å². The van der Waals surface area contributed by atoms with Crippen molar-refractivity contribution in [1.82, 2.24) is 4.90 Å². The molecule has 2 atom stereocenters. The Hall–Kier alpha value is -0.0400. The normalized spacial score (nSPS) is 31.2. The third kappa shape index (κ3) is 3.68. The summed E-state index contributed by atoms with van der Waals surface area (Å²) < 4.78 is 0. The van der Waals surface area contributed by atoms with Gasteiger partial charge < -0.3 is 4.90 Å². The number of hydrogen-bond acceptors (Lipinski definition) is 1. The van der Waals surface area contributed by atoms with Gasteiger partial charge in [0.05, 0.1) is 0 Å². The predicted octanol–water partition coefficient (Wildman–Crippen LogP) is 3.01. The van der Waals surface area contributed by atoms with E-state index < -0.39 is 0 Å². The fraction of sp³-hybridized carbons (Fsp3) is 1.00. The fourth-order valence-corrected chi connectivity index (χ4v) is 1.93. The standard InChI is InChI=1S/C12H25N/c1-10-8-13(9-11(10)2)7-6-12(3,4)5/h10-11H,6-9H2,1-5H3/t10-,11?/m0/s1. The lowest BCUT2D eigenvalue weighted by molar-refractivity contribution is 0.257. The Bertz CT molecular complexity index is 147. The second kappa shape index (κ2) is 4.00. The molecule has 1 saturated heterocycles. The Kier molecular flexibility index (Phi) is 3.39. The van der Waals surface area contributed by atoms with E-state index in [2.05, 4.69) is 39.5 Å². The van der Waals surface area contributed by atoms with E-state index in [-0.39, 0.29) is 0 Å². The van der Waals surface area contributed by atoms with Crippen LogP contribution >= 0.6 is 0 Å². The highest BCUT2D eigenvalue weighted by atomic mass is 15.1. The van der Waals surface area contributed by atoms with E-state index in [9.17, 15) is 0 Å². The molecule has 1 aliphatic rings. The molecule has 0 aromatic rings. The molecule has 1 heterocycles. The van der Waals surface area contributed by atoms with Crippen molar-refractivity contribution in [3.8, 4) is 0 Å². The van der Waals surface area contributed by atoms with E-state index in [1.165, 1.54) is 26.1 Å². The predicted molar refractivity (Wildman–Crippen MR) is 58.8 cm³/mol. The van der Waals surface area contributed by atoms with Gasteiger partial charge in [-0.15, -0.1) is 0 Å². The molecule has 0 aromatic heterocycles. The molecular weight excluding hydrogens is 158 g/mol. The molecule has 1 rings (SSSR count). The first-order chi connectivity index (χ1) is 5.88. The lowest BCUT2D eigenvalue weighted by atomic mass is 9.92. The molecular formula is C12H25N. The molecule has 1 unspecified atom stereocenters. The van der Waals surface area contributed by atoms with Gasteiger partial charge in [-0.1, -0.05) is 34.6 Å². The van der Waals surface area contributed by atoms with Crippen molar-refractivity contribution in [2.45, 2.75) is 41.0 Å². The van der Waals surface area contributed by atoms with Crippen molar-refractivity contribution < 1.29 is 0 Å². The zero-order valence-corrected chi connectivity index (χ0v) is 9.93. The maximum Gasteiger partial charge on any atom is 0.00102 e. The zero-order valence-electron chi connectivity index (χ0n) is 9.93. The Balaban J connectivity index is 2.25. The van der Waals surface area contributed by atoms with Gasteiger partial charge in [0, 0.05) is 13.1 Å². The van der Waals surface area contributed by atoms with Crippen LogP contribution in [0, 0.1) is 17.3 Å². The molecule has 1 nitrogen and oxygen atoms in total. The van der Waals surface area contributed by atoms with Crippen LogP contribution in [0.4, 0.5) is 0 Å². The second-order valence-electron chi connectivity index (χ2n) is 6.02. The van der Waals surface area contributed by atoms with Gasteiger partial charge in [-0.25, -0.2) is 0 Å². The average Bonchev–Trinajstić information content (AvgIpc) is 2.27. The summed E-state index contributed by atoms with van der Waals surface area (Å²) in [4.78, 5) is 2.63.